The summed E-state index contributed by atoms with van der Waals surface area (Å²) in [5.74, 6) is -0.424. The Morgan fingerprint density at radius 1 is 1.45 bits per heavy atom. The Morgan fingerprint density at radius 3 is 2.68 bits per heavy atom. The maximum atomic E-state index is 12.0. The zero-order valence-electron chi connectivity index (χ0n) is 12.1. The molecule has 0 saturated heterocycles. The summed E-state index contributed by atoms with van der Waals surface area (Å²) in [6.07, 6.45) is 0. The minimum absolute atomic E-state index is 0.0183. The van der Waals surface area contributed by atoms with Crippen LogP contribution in [0.3, 0.4) is 0 Å². The van der Waals surface area contributed by atoms with Gasteiger partial charge in [-0.3, -0.25) is 19.7 Å². The van der Waals surface area contributed by atoms with E-state index in [1.165, 1.54) is 25.1 Å². The normalized spacial score (nSPS) is 10.5. The Kier molecular flexibility index (Phi) is 4.02. The van der Waals surface area contributed by atoms with Crippen molar-refractivity contribution in [2.45, 2.75) is 20.4 Å². The van der Waals surface area contributed by atoms with Gasteiger partial charge in [0.25, 0.3) is 11.2 Å². The molecular weight excluding hydrogens is 288 g/mol. The number of benzene rings is 1. The molecule has 0 aliphatic carbocycles. The zero-order chi connectivity index (χ0) is 16.4. The highest BCUT2D eigenvalue weighted by Crippen LogP contribution is 2.27. The van der Waals surface area contributed by atoms with Crippen LogP contribution < -0.4 is 11.3 Å². The van der Waals surface area contributed by atoms with Crippen molar-refractivity contribution in [2.75, 3.05) is 5.73 Å². The second kappa shape index (κ2) is 5.76. The second-order valence-corrected chi connectivity index (χ2v) is 4.62. The van der Waals surface area contributed by atoms with Gasteiger partial charge in [-0.15, -0.1) is 0 Å². The smallest absolute Gasteiger partial charge is 0.290 e. The number of nitro groups is 1. The van der Waals surface area contributed by atoms with Crippen molar-refractivity contribution in [2.24, 2.45) is 0 Å². The lowest BCUT2D eigenvalue weighted by molar-refractivity contribution is -0.384. The van der Waals surface area contributed by atoms with Crippen molar-refractivity contribution in [1.82, 2.24) is 9.78 Å². The van der Waals surface area contributed by atoms with Crippen LogP contribution in [0.25, 0.3) is 11.3 Å². The van der Waals surface area contributed by atoms with Crippen LogP contribution in [-0.4, -0.2) is 20.5 Å². The van der Waals surface area contributed by atoms with Crippen LogP contribution in [0, 0.1) is 10.1 Å². The second-order valence-electron chi connectivity index (χ2n) is 4.62. The SMILES string of the molecule is CCn1nc(-c2cccc([N+](=O)[O-])c2)c(C(C)=O)c(N)c1=O. The third-order valence-corrected chi connectivity index (χ3v) is 3.17. The average Bonchev–Trinajstić information content (AvgIpc) is 2.49. The van der Waals surface area contributed by atoms with Gasteiger partial charge in [-0.2, -0.15) is 5.10 Å². The number of aryl methyl sites for hydroxylation is 1. The van der Waals surface area contributed by atoms with Crippen molar-refractivity contribution in [3.05, 3.63) is 50.3 Å². The molecule has 2 aromatic rings. The molecule has 0 fully saturated rings. The van der Waals surface area contributed by atoms with E-state index in [9.17, 15) is 19.7 Å². The van der Waals surface area contributed by atoms with E-state index >= 15 is 0 Å². The molecule has 2 N–H and O–H groups in total. The molecule has 1 heterocycles. The number of hydrogen-bond acceptors (Lipinski definition) is 6. The van der Waals surface area contributed by atoms with Gasteiger partial charge in [0, 0.05) is 24.2 Å². The molecule has 0 saturated carbocycles. The van der Waals surface area contributed by atoms with Gasteiger partial charge in [0.15, 0.2) is 5.78 Å². The fourth-order valence-corrected chi connectivity index (χ4v) is 2.13. The van der Waals surface area contributed by atoms with Crippen LogP contribution in [0.1, 0.15) is 24.2 Å². The third-order valence-electron chi connectivity index (χ3n) is 3.17. The molecule has 0 amide bonds. The number of rotatable bonds is 4. The first kappa shape index (κ1) is 15.4. The average molecular weight is 302 g/mol. The third kappa shape index (κ3) is 2.58. The molecule has 22 heavy (non-hydrogen) atoms. The number of nitrogens with zero attached hydrogens (tertiary/aromatic N) is 3. The largest absolute Gasteiger partial charge is 0.394 e. The zero-order valence-corrected chi connectivity index (χ0v) is 12.1. The lowest BCUT2D eigenvalue weighted by Crippen LogP contribution is -2.28. The molecule has 0 unspecified atom stereocenters. The molecule has 0 spiro atoms. The summed E-state index contributed by atoms with van der Waals surface area (Å²) in [7, 11) is 0. The molecule has 0 radical (unpaired) electrons. The first-order chi connectivity index (χ1) is 10.4. The molecule has 2 rings (SSSR count). The van der Waals surface area contributed by atoms with Crippen molar-refractivity contribution < 1.29 is 9.72 Å². The highest BCUT2D eigenvalue weighted by molar-refractivity contribution is 6.04. The Hall–Kier alpha value is -3.03. The highest BCUT2D eigenvalue weighted by atomic mass is 16.6. The summed E-state index contributed by atoms with van der Waals surface area (Å²) in [6, 6.07) is 5.68. The number of anilines is 1. The Bertz CT molecular complexity index is 826. The predicted octanol–water partition coefficient (Wildman–Crippen LogP) is 1.62. The van der Waals surface area contributed by atoms with Crippen molar-refractivity contribution in [3.63, 3.8) is 0 Å². The van der Waals surface area contributed by atoms with Gasteiger partial charge in [0.05, 0.1) is 10.5 Å². The number of carbonyl (C=O) groups excluding carboxylic acids is 1. The van der Waals surface area contributed by atoms with Crippen LogP contribution in [0.4, 0.5) is 11.4 Å². The molecule has 0 aliphatic rings. The summed E-state index contributed by atoms with van der Waals surface area (Å²) in [5.41, 5.74) is 5.37. The number of non-ortho nitro benzene ring substituents is 1. The van der Waals surface area contributed by atoms with E-state index in [4.69, 9.17) is 5.73 Å². The van der Waals surface area contributed by atoms with Crippen LogP contribution in [0.15, 0.2) is 29.1 Å². The fraction of sp³-hybridized carbons (Fsp3) is 0.214. The van der Waals surface area contributed by atoms with Crippen LogP contribution in [0.5, 0.6) is 0 Å². The van der Waals surface area contributed by atoms with E-state index in [2.05, 4.69) is 5.10 Å². The summed E-state index contributed by atoms with van der Waals surface area (Å²) < 4.78 is 1.12. The van der Waals surface area contributed by atoms with Crippen molar-refractivity contribution in [3.8, 4) is 11.3 Å². The van der Waals surface area contributed by atoms with Gasteiger partial charge in [-0.25, -0.2) is 4.68 Å². The summed E-state index contributed by atoms with van der Waals surface area (Å²) >= 11 is 0. The lowest BCUT2D eigenvalue weighted by Gasteiger charge is -2.12. The summed E-state index contributed by atoms with van der Waals surface area (Å²) in [4.78, 5) is 34.2. The maximum absolute atomic E-state index is 12.0. The highest BCUT2D eigenvalue weighted by Gasteiger charge is 2.20. The predicted molar refractivity (Wildman–Crippen MR) is 80.7 cm³/mol. The molecule has 114 valence electrons. The molecule has 8 nitrogen and oxygen atoms in total. The van der Waals surface area contributed by atoms with E-state index in [-0.39, 0.29) is 29.2 Å². The van der Waals surface area contributed by atoms with E-state index in [1.807, 2.05) is 0 Å². The van der Waals surface area contributed by atoms with E-state index < -0.39 is 16.3 Å². The fourth-order valence-electron chi connectivity index (χ4n) is 2.13. The quantitative estimate of drug-likeness (QED) is 0.520. The number of Topliss-reactive ketones (excluding diaryl/α,β-unsaturated/α-hetero) is 1. The number of ketones is 1. The summed E-state index contributed by atoms with van der Waals surface area (Å²) in [5, 5.41) is 15.0. The van der Waals surface area contributed by atoms with Crippen LogP contribution in [-0.2, 0) is 6.54 Å². The maximum Gasteiger partial charge on any atom is 0.290 e. The number of hydrogen-bond donors (Lipinski definition) is 1. The number of aromatic nitrogens is 2. The molecule has 0 atom stereocenters. The Morgan fingerprint density at radius 2 is 2.14 bits per heavy atom. The molecule has 8 heteroatoms. The monoisotopic (exact) mass is 302 g/mol. The van der Waals surface area contributed by atoms with Crippen LogP contribution in [0.2, 0.25) is 0 Å². The van der Waals surface area contributed by atoms with Crippen molar-refractivity contribution >= 4 is 17.2 Å². The lowest BCUT2D eigenvalue weighted by atomic mass is 10.0. The molecule has 1 aromatic heterocycles. The molecule has 0 aliphatic heterocycles. The van der Waals surface area contributed by atoms with Gasteiger partial charge in [0.2, 0.25) is 0 Å². The minimum atomic E-state index is -0.554. The molecule has 1 aromatic carbocycles. The number of nitro benzene ring substituents is 1. The number of nitrogens with two attached hydrogens (primary N) is 1. The van der Waals surface area contributed by atoms with Gasteiger partial charge in [-0.05, 0) is 13.8 Å². The molecular formula is C14H14N4O4. The molecule has 0 bridgehead atoms. The van der Waals surface area contributed by atoms with Gasteiger partial charge >= 0.3 is 0 Å². The standard InChI is InChI=1S/C14H14N4O4/c1-3-17-14(20)12(15)11(8(2)19)13(16-17)9-5-4-6-10(7-9)18(21)22/h4-7H,3,15H2,1-2H3. The summed E-state index contributed by atoms with van der Waals surface area (Å²) in [6.45, 7) is 3.24. The van der Waals surface area contributed by atoms with E-state index in [0.717, 1.165) is 4.68 Å². The Labute approximate surface area is 125 Å². The van der Waals surface area contributed by atoms with E-state index in [0.29, 0.717) is 5.56 Å². The van der Waals surface area contributed by atoms with Gasteiger partial charge in [-0.1, -0.05) is 12.1 Å². The van der Waals surface area contributed by atoms with E-state index in [1.54, 1.807) is 13.0 Å². The van der Waals surface area contributed by atoms with Gasteiger partial charge < -0.3 is 5.73 Å². The van der Waals surface area contributed by atoms with Crippen LogP contribution >= 0.6 is 0 Å². The minimum Gasteiger partial charge on any atom is -0.394 e. The topological polar surface area (TPSA) is 121 Å². The first-order valence-electron chi connectivity index (χ1n) is 6.53. The first-order valence-corrected chi connectivity index (χ1v) is 6.53. The Balaban J connectivity index is 2.81. The number of carbonyl (C=O) groups is 1. The van der Waals surface area contributed by atoms with Gasteiger partial charge in [0.1, 0.15) is 11.4 Å². The van der Waals surface area contributed by atoms with Crippen molar-refractivity contribution in [1.29, 1.82) is 0 Å². The number of nitrogen functional groups attached to an aromatic ring is 1.